The molecule has 0 fully saturated rings. The number of benzene rings is 1. The molecule has 5 heteroatoms. The van der Waals surface area contributed by atoms with E-state index in [1.807, 2.05) is 6.07 Å². The van der Waals surface area contributed by atoms with E-state index in [9.17, 15) is 9.90 Å². The molecule has 0 heterocycles. The molecule has 118 valence electrons. The average molecular weight is 358 g/mol. The second-order valence-corrected chi connectivity index (χ2v) is 6.03. The number of hydrogen-bond acceptors (Lipinski definition) is 3. The number of carbonyl (C=O) groups is 1. The molecule has 0 aliphatic carbocycles. The van der Waals surface area contributed by atoms with Crippen LogP contribution in [0.3, 0.4) is 0 Å². The van der Waals surface area contributed by atoms with Gasteiger partial charge < -0.3 is 15.2 Å². The Kier molecular flexibility index (Phi) is 7.75. The molecule has 2 atom stereocenters. The van der Waals surface area contributed by atoms with Crippen LogP contribution in [0.2, 0.25) is 0 Å². The Labute approximate surface area is 135 Å². The van der Waals surface area contributed by atoms with Crippen LogP contribution in [0.1, 0.15) is 51.7 Å². The standard InChI is InChI=1S/C16H24BrNO3/c1-4-5-6-9-18-16(20)12(3)21-15-10-13(17)7-8-14(15)11(2)19/h7-8,10-12,19H,4-6,9H2,1-3H3,(H,18,20). The highest BCUT2D eigenvalue weighted by Crippen LogP contribution is 2.29. The summed E-state index contributed by atoms with van der Waals surface area (Å²) < 4.78 is 6.55. The van der Waals surface area contributed by atoms with Gasteiger partial charge in [-0.1, -0.05) is 41.8 Å². The van der Waals surface area contributed by atoms with E-state index in [4.69, 9.17) is 4.74 Å². The van der Waals surface area contributed by atoms with Crippen LogP contribution in [-0.2, 0) is 4.79 Å². The van der Waals surface area contributed by atoms with Crippen LogP contribution in [0, 0.1) is 0 Å². The monoisotopic (exact) mass is 357 g/mol. The molecule has 1 rings (SSSR count). The summed E-state index contributed by atoms with van der Waals surface area (Å²) in [5.41, 5.74) is 0.670. The van der Waals surface area contributed by atoms with Crippen molar-refractivity contribution in [1.29, 1.82) is 0 Å². The molecule has 0 saturated heterocycles. The van der Waals surface area contributed by atoms with Crippen LogP contribution in [0.15, 0.2) is 22.7 Å². The number of amides is 1. The van der Waals surface area contributed by atoms with Crippen LogP contribution in [-0.4, -0.2) is 23.7 Å². The van der Waals surface area contributed by atoms with E-state index < -0.39 is 12.2 Å². The molecule has 1 amide bonds. The minimum atomic E-state index is -0.645. The Morgan fingerprint density at radius 3 is 2.71 bits per heavy atom. The first-order valence-electron chi connectivity index (χ1n) is 7.37. The number of unbranched alkanes of at least 4 members (excludes halogenated alkanes) is 2. The highest BCUT2D eigenvalue weighted by molar-refractivity contribution is 9.10. The van der Waals surface area contributed by atoms with Gasteiger partial charge in [0.2, 0.25) is 0 Å². The maximum absolute atomic E-state index is 12.0. The van der Waals surface area contributed by atoms with E-state index in [2.05, 4.69) is 28.2 Å². The van der Waals surface area contributed by atoms with Crippen molar-refractivity contribution in [2.45, 2.75) is 52.2 Å². The fourth-order valence-electron chi connectivity index (χ4n) is 1.93. The zero-order valence-electron chi connectivity index (χ0n) is 12.9. The van der Waals surface area contributed by atoms with Gasteiger partial charge in [-0.15, -0.1) is 0 Å². The molecule has 0 spiro atoms. The lowest BCUT2D eigenvalue weighted by molar-refractivity contribution is -0.127. The molecule has 0 radical (unpaired) electrons. The lowest BCUT2D eigenvalue weighted by Crippen LogP contribution is -2.37. The van der Waals surface area contributed by atoms with Gasteiger partial charge in [-0.05, 0) is 32.4 Å². The number of ether oxygens (including phenoxy) is 1. The van der Waals surface area contributed by atoms with Gasteiger partial charge in [0, 0.05) is 16.6 Å². The fraction of sp³-hybridized carbons (Fsp3) is 0.562. The molecule has 1 aromatic carbocycles. The molecule has 0 bridgehead atoms. The zero-order valence-corrected chi connectivity index (χ0v) is 14.4. The van der Waals surface area contributed by atoms with Crippen molar-refractivity contribution in [1.82, 2.24) is 5.32 Å². The highest BCUT2D eigenvalue weighted by Gasteiger charge is 2.17. The van der Waals surface area contributed by atoms with Gasteiger partial charge in [-0.25, -0.2) is 0 Å². The lowest BCUT2D eigenvalue weighted by atomic mass is 10.1. The quantitative estimate of drug-likeness (QED) is 0.699. The number of rotatable bonds is 8. The zero-order chi connectivity index (χ0) is 15.8. The summed E-state index contributed by atoms with van der Waals surface area (Å²) in [6.45, 7) is 6.17. The number of nitrogens with one attached hydrogen (secondary N) is 1. The Morgan fingerprint density at radius 2 is 2.10 bits per heavy atom. The number of carbonyl (C=O) groups excluding carboxylic acids is 1. The van der Waals surface area contributed by atoms with E-state index in [0.717, 1.165) is 23.7 Å². The molecule has 0 aliphatic heterocycles. The van der Waals surface area contributed by atoms with E-state index in [1.54, 1.807) is 26.0 Å². The fourth-order valence-corrected chi connectivity index (χ4v) is 2.27. The number of hydrogen-bond donors (Lipinski definition) is 2. The SMILES string of the molecule is CCCCCNC(=O)C(C)Oc1cc(Br)ccc1C(C)O. The van der Waals surface area contributed by atoms with Crippen LogP contribution in [0.5, 0.6) is 5.75 Å². The van der Waals surface area contributed by atoms with Gasteiger partial charge in [0.1, 0.15) is 5.75 Å². The Bertz CT molecular complexity index is 463. The first-order chi connectivity index (χ1) is 9.95. The van der Waals surface area contributed by atoms with Crippen molar-refractivity contribution in [3.8, 4) is 5.75 Å². The van der Waals surface area contributed by atoms with Crippen LogP contribution in [0.4, 0.5) is 0 Å². The van der Waals surface area contributed by atoms with Gasteiger partial charge in [-0.3, -0.25) is 4.79 Å². The van der Waals surface area contributed by atoms with E-state index in [0.29, 0.717) is 17.9 Å². The summed E-state index contributed by atoms with van der Waals surface area (Å²) in [5.74, 6) is 0.387. The third kappa shape index (κ3) is 6.06. The molecule has 21 heavy (non-hydrogen) atoms. The van der Waals surface area contributed by atoms with Crippen LogP contribution in [0.25, 0.3) is 0 Å². The van der Waals surface area contributed by atoms with Gasteiger partial charge >= 0.3 is 0 Å². The molecule has 1 aromatic rings. The topological polar surface area (TPSA) is 58.6 Å². The van der Waals surface area contributed by atoms with Crippen molar-refractivity contribution in [2.75, 3.05) is 6.54 Å². The van der Waals surface area contributed by atoms with Gasteiger partial charge in [0.05, 0.1) is 6.10 Å². The van der Waals surface area contributed by atoms with Crippen molar-refractivity contribution >= 4 is 21.8 Å². The summed E-state index contributed by atoms with van der Waals surface area (Å²) in [6.07, 6.45) is 1.96. The summed E-state index contributed by atoms with van der Waals surface area (Å²) >= 11 is 3.37. The maximum Gasteiger partial charge on any atom is 0.260 e. The van der Waals surface area contributed by atoms with Crippen molar-refractivity contribution in [3.05, 3.63) is 28.2 Å². The van der Waals surface area contributed by atoms with Crippen LogP contribution >= 0.6 is 15.9 Å². The normalized spacial score (nSPS) is 13.6. The second kappa shape index (κ2) is 9.05. The van der Waals surface area contributed by atoms with Crippen molar-refractivity contribution in [2.24, 2.45) is 0 Å². The van der Waals surface area contributed by atoms with Crippen molar-refractivity contribution < 1.29 is 14.6 Å². The highest BCUT2D eigenvalue weighted by atomic mass is 79.9. The minimum Gasteiger partial charge on any atom is -0.480 e. The van der Waals surface area contributed by atoms with Crippen LogP contribution < -0.4 is 10.1 Å². The Balaban J connectivity index is 2.63. The summed E-state index contributed by atoms with van der Waals surface area (Å²) in [4.78, 5) is 12.0. The third-order valence-corrected chi connectivity index (χ3v) is 3.67. The number of aliphatic hydroxyl groups excluding tert-OH is 1. The second-order valence-electron chi connectivity index (χ2n) is 5.12. The van der Waals surface area contributed by atoms with E-state index in [1.165, 1.54) is 0 Å². The molecular formula is C16H24BrNO3. The average Bonchev–Trinajstić information content (AvgIpc) is 2.43. The van der Waals surface area contributed by atoms with Gasteiger partial charge in [-0.2, -0.15) is 0 Å². The first kappa shape index (κ1) is 18.0. The molecule has 0 aromatic heterocycles. The van der Waals surface area contributed by atoms with Crippen molar-refractivity contribution in [3.63, 3.8) is 0 Å². The summed E-state index contributed by atoms with van der Waals surface area (Å²) in [5, 5.41) is 12.6. The molecule has 0 aliphatic rings. The molecule has 2 unspecified atom stereocenters. The number of aliphatic hydroxyl groups is 1. The summed E-state index contributed by atoms with van der Waals surface area (Å²) in [6, 6.07) is 5.39. The predicted octanol–water partition coefficient (Wildman–Crippen LogP) is 3.58. The lowest BCUT2D eigenvalue weighted by Gasteiger charge is -2.18. The molecule has 4 nitrogen and oxygen atoms in total. The van der Waals surface area contributed by atoms with E-state index in [-0.39, 0.29) is 5.91 Å². The summed E-state index contributed by atoms with van der Waals surface area (Å²) in [7, 11) is 0. The Morgan fingerprint density at radius 1 is 1.38 bits per heavy atom. The van der Waals surface area contributed by atoms with Gasteiger partial charge in [0.25, 0.3) is 5.91 Å². The first-order valence-corrected chi connectivity index (χ1v) is 8.16. The molecular weight excluding hydrogens is 334 g/mol. The smallest absolute Gasteiger partial charge is 0.260 e. The minimum absolute atomic E-state index is 0.136. The van der Waals surface area contributed by atoms with E-state index >= 15 is 0 Å². The number of halogens is 1. The predicted molar refractivity (Wildman–Crippen MR) is 87.4 cm³/mol. The largest absolute Gasteiger partial charge is 0.480 e. The van der Waals surface area contributed by atoms with Gasteiger partial charge in [0.15, 0.2) is 6.10 Å². The maximum atomic E-state index is 12.0. The molecule has 2 N–H and O–H groups in total. The third-order valence-electron chi connectivity index (χ3n) is 3.18. The Hall–Kier alpha value is -1.07. The molecule has 0 saturated carbocycles.